The lowest BCUT2D eigenvalue weighted by molar-refractivity contribution is 0.180. The molecule has 2 amide bonds. The second kappa shape index (κ2) is 7.02. The van der Waals surface area contributed by atoms with E-state index in [-0.39, 0.29) is 12.1 Å². The van der Waals surface area contributed by atoms with Crippen LogP contribution in [0.15, 0.2) is 18.3 Å². The zero-order chi connectivity index (χ0) is 15.4. The van der Waals surface area contributed by atoms with Crippen LogP contribution in [0.5, 0.6) is 0 Å². The number of nitrogens with zero attached hydrogens (tertiary/aromatic N) is 3. The molecule has 0 saturated carbocycles. The fourth-order valence-electron chi connectivity index (χ4n) is 2.46. The van der Waals surface area contributed by atoms with Gasteiger partial charge in [-0.2, -0.15) is 11.8 Å². The predicted octanol–water partition coefficient (Wildman–Crippen LogP) is 2.18. The third-order valence-corrected chi connectivity index (χ3v) is 5.20. The summed E-state index contributed by atoms with van der Waals surface area (Å²) in [6, 6.07) is 4.19. The fourth-order valence-corrected chi connectivity index (χ4v) is 3.56. The second-order valence-corrected chi connectivity index (χ2v) is 7.03. The average Bonchev–Trinajstić information content (AvgIpc) is 2.47. The van der Waals surface area contributed by atoms with E-state index in [1.807, 2.05) is 47.8 Å². The Morgan fingerprint density at radius 3 is 3.00 bits per heavy atom. The third kappa shape index (κ3) is 3.81. The quantitative estimate of drug-likeness (QED) is 0.930. The van der Waals surface area contributed by atoms with E-state index in [0.29, 0.717) is 11.8 Å². The van der Waals surface area contributed by atoms with E-state index < -0.39 is 0 Å². The van der Waals surface area contributed by atoms with Gasteiger partial charge in [0, 0.05) is 56.0 Å². The van der Waals surface area contributed by atoms with E-state index in [2.05, 4.69) is 24.1 Å². The molecule has 1 aliphatic rings. The Kier molecular flexibility index (Phi) is 5.33. The van der Waals surface area contributed by atoms with Crippen LogP contribution in [0.25, 0.3) is 0 Å². The van der Waals surface area contributed by atoms with Crippen LogP contribution >= 0.6 is 11.8 Å². The molecule has 0 bridgehead atoms. The molecular weight excluding hydrogens is 284 g/mol. The van der Waals surface area contributed by atoms with Gasteiger partial charge in [-0.3, -0.25) is 0 Å². The lowest BCUT2D eigenvalue weighted by Gasteiger charge is -2.37. The molecule has 21 heavy (non-hydrogen) atoms. The summed E-state index contributed by atoms with van der Waals surface area (Å²) in [5.41, 5.74) is 1.03. The summed E-state index contributed by atoms with van der Waals surface area (Å²) in [6.45, 7) is 5.62. The molecule has 2 rings (SSSR count). The van der Waals surface area contributed by atoms with Crippen molar-refractivity contribution in [3.8, 4) is 0 Å². The van der Waals surface area contributed by atoms with E-state index in [9.17, 15) is 4.79 Å². The maximum Gasteiger partial charge on any atom is 0.317 e. The molecular formula is C15H24N4OS. The molecule has 1 fully saturated rings. The number of carbonyl (C=O) groups excluding carboxylic acids is 1. The Balaban J connectivity index is 1.98. The van der Waals surface area contributed by atoms with Crippen molar-refractivity contribution < 1.29 is 4.79 Å². The number of hydrogen-bond acceptors (Lipinski definition) is 4. The molecule has 2 unspecified atom stereocenters. The van der Waals surface area contributed by atoms with Crippen molar-refractivity contribution in [1.82, 2.24) is 15.2 Å². The molecule has 116 valence electrons. The number of aromatic nitrogens is 1. The van der Waals surface area contributed by atoms with Crippen molar-refractivity contribution in [2.24, 2.45) is 0 Å². The minimum Gasteiger partial charge on any atom is -0.362 e. The van der Waals surface area contributed by atoms with Gasteiger partial charge in [0.25, 0.3) is 0 Å². The van der Waals surface area contributed by atoms with Gasteiger partial charge < -0.3 is 15.1 Å². The second-order valence-electron chi connectivity index (χ2n) is 5.55. The van der Waals surface area contributed by atoms with Gasteiger partial charge in [-0.15, -0.1) is 0 Å². The molecule has 1 aliphatic heterocycles. The molecule has 2 heterocycles. The first-order valence-electron chi connectivity index (χ1n) is 7.28. The van der Waals surface area contributed by atoms with Crippen LogP contribution in [0.3, 0.4) is 0 Å². The predicted molar refractivity (Wildman–Crippen MR) is 88.9 cm³/mol. The molecule has 1 aromatic rings. The summed E-state index contributed by atoms with van der Waals surface area (Å²) < 4.78 is 0. The zero-order valence-corrected chi connectivity index (χ0v) is 14.0. The topological polar surface area (TPSA) is 48.5 Å². The number of urea groups is 1. The number of hydrogen-bond donors (Lipinski definition) is 1. The van der Waals surface area contributed by atoms with Gasteiger partial charge in [-0.25, -0.2) is 9.78 Å². The van der Waals surface area contributed by atoms with Crippen molar-refractivity contribution in [1.29, 1.82) is 0 Å². The normalized spacial score (nSPS) is 22.0. The van der Waals surface area contributed by atoms with Gasteiger partial charge in [0.2, 0.25) is 0 Å². The highest BCUT2D eigenvalue weighted by Crippen LogP contribution is 2.24. The molecule has 5 nitrogen and oxygen atoms in total. The number of anilines is 1. The molecule has 0 radical (unpaired) electrons. The van der Waals surface area contributed by atoms with Crippen LogP contribution in [-0.2, 0) is 6.54 Å². The van der Waals surface area contributed by atoms with E-state index in [1.54, 1.807) is 6.20 Å². The van der Waals surface area contributed by atoms with Gasteiger partial charge in [-0.05, 0) is 13.0 Å². The summed E-state index contributed by atoms with van der Waals surface area (Å²) in [5, 5.41) is 3.51. The molecule has 1 saturated heterocycles. The number of pyridine rings is 1. The number of thioether (sulfide) groups is 1. The maximum absolute atomic E-state index is 12.4. The summed E-state index contributed by atoms with van der Waals surface area (Å²) in [4.78, 5) is 20.6. The van der Waals surface area contributed by atoms with Crippen LogP contribution in [0.1, 0.15) is 19.4 Å². The van der Waals surface area contributed by atoms with Crippen molar-refractivity contribution in [2.75, 3.05) is 31.3 Å². The highest BCUT2D eigenvalue weighted by Gasteiger charge is 2.28. The van der Waals surface area contributed by atoms with E-state index >= 15 is 0 Å². The number of carbonyl (C=O) groups is 1. The van der Waals surface area contributed by atoms with Crippen LogP contribution in [0.2, 0.25) is 0 Å². The van der Waals surface area contributed by atoms with Crippen molar-refractivity contribution in [2.45, 2.75) is 31.7 Å². The molecule has 0 aromatic carbocycles. The SMILES string of the molecule is CC1SCCN(C(=O)NCc2cccnc2N(C)C)C1C. The Morgan fingerprint density at radius 2 is 2.29 bits per heavy atom. The lowest BCUT2D eigenvalue weighted by atomic mass is 10.2. The van der Waals surface area contributed by atoms with Gasteiger partial charge in [0.15, 0.2) is 0 Å². The number of amides is 2. The van der Waals surface area contributed by atoms with Crippen LogP contribution in [0.4, 0.5) is 10.6 Å². The number of rotatable bonds is 3. The molecule has 0 spiro atoms. The van der Waals surface area contributed by atoms with Crippen LogP contribution in [-0.4, -0.2) is 53.6 Å². The summed E-state index contributed by atoms with van der Waals surface area (Å²) in [5.74, 6) is 1.91. The van der Waals surface area contributed by atoms with Crippen LogP contribution < -0.4 is 10.2 Å². The summed E-state index contributed by atoms with van der Waals surface area (Å²) in [7, 11) is 3.92. The monoisotopic (exact) mass is 308 g/mol. The van der Waals surface area contributed by atoms with E-state index in [0.717, 1.165) is 23.7 Å². The highest BCUT2D eigenvalue weighted by molar-refractivity contribution is 8.00. The summed E-state index contributed by atoms with van der Waals surface area (Å²) in [6.07, 6.45) is 1.77. The molecule has 2 atom stereocenters. The van der Waals surface area contributed by atoms with Gasteiger partial charge >= 0.3 is 6.03 Å². The smallest absolute Gasteiger partial charge is 0.317 e. The Labute approximate surface area is 131 Å². The third-order valence-electron chi connectivity index (χ3n) is 3.87. The standard InChI is InChI=1S/C15H24N4OS/c1-11-12(2)21-9-8-19(11)15(20)17-10-13-6-5-7-16-14(13)18(3)4/h5-7,11-12H,8-10H2,1-4H3,(H,17,20). The average molecular weight is 308 g/mol. The first-order valence-corrected chi connectivity index (χ1v) is 8.33. The molecule has 1 N–H and O–H groups in total. The van der Waals surface area contributed by atoms with Gasteiger partial charge in [-0.1, -0.05) is 13.0 Å². The molecule has 1 aromatic heterocycles. The van der Waals surface area contributed by atoms with E-state index in [1.165, 1.54) is 0 Å². The zero-order valence-electron chi connectivity index (χ0n) is 13.2. The summed E-state index contributed by atoms with van der Waals surface area (Å²) >= 11 is 1.93. The Hall–Kier alpha value is -1.43. The van der Waals surface area contributed by atoms with Crippen LogP contribution in [0, 0.1) is 0 Å². The minimum absolute atomic E-state index is 0.0169. The maximum atomic E-state index is 12.4. The van der Waals surface area contributed by atoms with Crippen molar-refractivity contribution in [3.63, 3.8) is 0 Å². The number of nitrogens with one attached hydrogen (secondary N) is 1. The Bertz CT molecular complexity index is 494. The van der Waals surface area contributed by atoms with Crippen molar-refractivity contribution in [3.05, 3.63) is 23.9 Å². The Morgan fingerprint density at radius 1 is 1.52 bits per heavy atom. The molecule has 0 aliphatic carbocycles. The first-order chi connectivity index (χ1) is 10.0. The van der Waals surface area contributed by atoms with Gasteiger partial charge in [0.05, 0.1) is 0 Å². The fraction of sp³-hybridized carbons (Fsp3) is 0.600. The van der Waals surface area contributed by atoms with Gasteiger partial charge in [0.1, 0.15) is 5.82 Å². The van der Waals surface area contributed by atoms with Crippen molar-refractivity contribution >= 4 is 23.6 Å². The molecule has 6 heteroatoms. The van der Waals surface area contributed by atoms with E-state index in [4.69, 9.17) is 0 Å². The lowest BCUT2D eigenvalue weighted by Crippen LogP contribution is -2.51. The minimum atomic E-state index is 0.0169. The highest BCUT2D eigenvalue weighted by atomic mass is 32.2. The first kappa shape index (κ1) is 15.9. The largest absolute Gasteiger partial charge is 0.362 e.